The van der Waals surface area contributed by atoms with Gasteiger partial charge in [0.15, 0.2) is 5.65 Å². The lowest BCUT2D eigenvalue weighted by Crippen LogP contribution is -2.21. The zero-order chi connectivity index (χ0) is 13.8. The molecular formula is C11H18N6OS. The van der Waals surface area contributed by atoms with Gasteiger partial charge in [0.25, 0.3) is 0 Å². The van der Waals surface area contributed by atoms with Gasteiger partial charge in [0.2, 0.25) is 5.95 Å². The fraction of sp³-hybridized carbons (Fsp3) is 0.545. The van der Waals surface area contributed by atoms with Gasteiger partial charge < -0.3 is 10.6 Å². The van der Waals surface area contributed by atoms with Gasteiger partial charge in [-0.05, 0) is 13.8 Å². The van der Waals surface area contributed by atoms with Crippen LogP contribution in [0.5, 0.6) is 0 Å². The summed E-state index contributed by atoms with van der Waals surface area (Å²) in [6.45, 7) is 5.25. The first kappa shape index (κ1) is 13.7. The standard InChI is InChI=1S/C11H18N6OS/c1-4-12-11-15-9(13-5-7(2)19(3)18)8-6-14-17-10(8)16-11/h6-7H,4-5H2,1-3H3,(H3,12,13,14,15,16,17). The van der Waals surface area contributed by atoms with E-state index in [0.717, 1.165) is 11.9 Å². The summed E-state index contributed by atoms with van der Waals surface area (Å²) in [6.07, 6.45) is 3.38. The first-order valence-corrected chi connectivity index (χ1v) is 7.75. The van der Waals surface area contributed by atoms with E-state index in [1.54, 1.807) is 12.5 Å². The maximum absolute atomic E-state index is 11.4. The van der Waals surface area contributed by atoms with E-state index in [0.29, 0.717) is 24.0 Å². The van der Waals surface area contributed by atoms with Crippen LogP contribution in [0, 0.1) is 0 Å². The second-order valence-corrected chi connectivity index (χ2v) is 6.05. The van der Waals surface area contributed by atoms with E-state index in [-0.39, 0.29) is 5.25 Å². The van der Waals surface area contributed by atoms with Gasteiger partial charge in [0, 0.05) is 35.4 Å². The first-order valence-electron chi connectivity index (χ1n) is 6.13. The molecule has 0 radical (unpaired) electrons. The summed E-state index contributed by atoms with van der Waals surface area (Å²) in [4.78, 5) is 8.71. The molecule has 0 bridgehead atoms. The highest BCUT2D eigenvalue weighted by Gasteiger charge is 2.11. The van der Waals surface area contributed by atoms with E-state index < -0.39 is 10.8 Å². The molecule has 0 aliphatic carbocycles. The predicted octanol–water partition coefficient (Wildman–Crippen LogP) is 0.964. The number of fused-ring (bicyclic) bond motifs is 1. The monoisotopic (exact) mass is 282 g/mol. The number of rotatable bonds is 6. The minimum Gasteiger partial charge on any atom is -0.368 e. The fourth-order valence-electron chi connectivity index (χ4n) is 1.56. The number of hydrogen-bond acceptors (Lipinski definition) is 6. The third kappa shape index (κ3) is 3.19. The van der Waals surface area contributed by atoms with E-state index in [1.165, 1.54) is 0 Å². The fourth-order valence-corrected chi connectivity index (χ4v) is 1.88. The SMILES string of the molecule is CCNc1nc(NCC(C)S(C)=O)c2cn[nH]c2n1. The number of hydrogen-bond donors (Lipinski definition) is 3. The maximum Gasteiger partial charge on any atom is 0.226 e. The maximum atomic E-state index is 11.4. The van der Waals surface area contributed by atoms with E-state index in [9.17, 15) is 4.21 Å². The molecule has 104 valence electrons. The minimum absolute atomic E-state index is 0.0551. The number of anilines is 2. The molecule has 0 aliphatic heterocycles. The number of aromatic amines is 1. The van der Waals surface area contributed by atoms with E-state index in [4.69, 9.17) is 0 Å². The molecule has 8 heteroatoms. The van der Waals surface area contributed by atoms with Gasteiger partial charge in [0.05, 0.1) is 11.6 Å². The summed E-state index contributed by atoms with van der Waals surface area (Å²) < 4.78 is 11.4. The first-order chi connectivity index (χ1) is 9.11. The van der Waals surface area contributed by atoms with Crippen molar-refractivity contribution in [3.8, 4) is 0 Å². The Morgan fingerprint density at radius 2 is 2.21 bits per heavy atom. The Hall–Kier alpha value is -1.70. The van der Waals surface area contributed by atoms with Crippen molar-refractivity contribution in [3.05, 3.63) is 6.20 Å². The van der Waals surface area contributed by atoms with E-state index in [2.05, 4.69) is 30.8 Å². The highest BCUT2D eigenvalue weighted by atomic mass is 32.2. The molecule has 2 atom stereocenters. The summed E-state index contributed by atoms with van der Waals surface area (Å²) in [5.41, 5.74) is 0.679. The molecule has 0 amide bonds. The third-order valence-corrected chi connectivity index (χ3v) is 4.07. The molecule has 3 N–H and O–H groups in total. The van der Waals surface area contributed by atoms with Gasteiger partial charge in [-0.15, -0.1) is 0 Å². The van der Waals surface area contributed by atoms with Crippen molar-refractivity contribution in [1.82, 2.24) is 20.2 Å². The average molecular weight is 282 g/mol. The molecule has 19 heavy (non-hydrogen) atoms. The van der Waals surface area contributed by atoms with Gasteiger partial charge in [-0.2, -0.15) is 15.1 Å². The molecule has 0 spiro atoms. The molecule has 7 nitrogen and oxygen atoms in total. The second kappa shape index (κ2) is 5.96. The Morgan fingerprint density at radius 3 is 2.89 bits per heavy atom. The van der Waals surface area contributed by atoms with Gasteiger partial charge >= 0.3 is 0 Å². The van der Waals surface area contributed by atoms with Gasteiger partial charge in [-0.1, -0.05) is 0 Å². The lowest BCUT2D eigenvalue weighted by Gasteiger charge is -2.12. The summed E-state index contributed by atoms with van der Waals surface area (Å²) in [7, 11) is -0.862. The molecule has 2 rings (SSSR count). The van der Waals surface area contributed by atoms with Gasteiger partial charge in [0.1, 0.15) is 5.82 Å². The van der Waals surface area contributed by atoms with Crippen LogP contribution in [0.3, 0.4) is 0 Å². The summed E-state index contributed by atoms with van der Waals surface area (Å²) >= 11 is 0. The van der Waals surface area contributed by atoms with Crippen molar-refractivity contribution < 1.29 is 4.21 Å². The summed E-state index contributed by atoms with van der Waals surface area (Å²) in [5, 5.41) is 14.0. The zero-order valence-electron chi connectivity index (χ0n) is 11.2. The molecule has 2 heterocycles. The third-order valence-electron chi connectivity index (χ3n) is 2.77. The van der Waals surface area contributed by atoms with Crippen molar-refractivity contribution >= 4 is 33.6 Å². The van der Waals surface area contributed by atoms with Crippen LogP contribution in [0.25, 0.3) is 11.0 Å². The Bertz CT molecular complexity index is 584. The van der Waals surface area contributed by atoms with Crippen LogP contribution in [-0.2, 0) is 10.8 Å². The molecule has 0 aliphatic rings. The topological polar surface area (TPSA) is 95.6 Å². The van der Waals surface area contributed by atoms with Crippen LogP contribution >= 0.6 is 0 Å². The van der Waals surface area contributed by atoms with Gasteiger partial charge in [-0.25, -0.2) is 0 Å². The van der Waals surface area contributed by atoms with Crippen LogP contribution in [0.1, 0.15) is 13.8 Å². The zero-order valence-corrected chi connectivity index (χ0v) is 12.0. The average Bonchev–Trinajstić information content (AvgIpc) is 2.84. The molecule has 2 aromatic heterocycles. The number of nitrogens with zero attached hydrogens (tertiary/aromatic N) is 3. The largest absolute Gasteiger partial charge is 0.368 e. The van der Waals surface area contributed by atoms with E-state index >= 15 is 0 Å². The molecule has 2 unspecified atom stereocenters. The lowest BCUT2D eigenvalue weighted by atomic mass is 10.3. The van der Waals surface area contributed by atoms with Crippen LogP contribution in [-0.4, -0.2) is 49.0 Å². The quantitative estimate of drug-likeness (QED) is 0.730. The van der Waals surface area contributed by atoms with Crippen LogP contribution in [0.2, 0.25) is 0 Å². The Kier molecular flexibility index (Phi) is 4.31. The Morgan fingerprint density at radius 1 is 1.42 bits per heavy atom. The van der Waals surface area contributed by atoms with Crippen molar-refractivity contribution in [3.63, 3.8) is 0 Å². The number of nitrogens with one attached hydrogen (secondary N) is 3. The van der Waals surface area contributed by atoms with Crippen molar-refractivity contribution in [2.45, 2.75) is 19.1 Å². The number of aromatic nitrogens is 4. The van der Waals surface area contributed by atoms with Crippen LogP contribution in [0.4, 0.5) is 11.8 Å². The smallest absolute Gasteiger partial charge is 0.226 e. The normalized spacial score (nSPS) is 14.3. The van der Waals surface area contributed by atoms with Crippen molar-refractivity contribution in [2.75, 3.05) is 30.0 Å². The summed E-state index contributed by atoms with van der Waals surface area (Å²) in [6, 6.07) is 0. The highest BCUT2D eigenvalue weighted by Crippen LogP contribution is 2.19. The molecule has 0 saturated heterocycles. The van der Waals surface area contributed by atoms with Crippen molar-refractivity contribution in [2.24, 2.45) is 0 Å². The van der Waals surface area contributed by atoms with E-state index in [1.807, 2.05) is 13.8 Å². The van der Waals surface area contributed by atoms with Crippen molar-refractivity contribution in [1.29, 1.82) is 0 Å². The molecule has 0 aromatic carbocycles. The second-order valence-electron chi connectivity index (χ2n) is 4.25. The highest BCUT2D eigenvalue weighted by molar-refractivity contribution is 7.84. The molecular weight excluding hydrogens is 264 g/mol. The summed E-state index contributed by atoms with van der Waals surface area (Å²) in [5.74, 6) is 1.25. The number of H-pyrrole nitrogens is 1. The Balaban J connectivity index is 2.24. The molecule has 0 saturated carbocycles. The predicted molar refractivity (Wildman–Crippen MR) is 77.9 cm³/mol. The minimum atomic E-state index is -0.862. The lowest BCUT2D eigenvalue weighted by molar-refractivity contribution is 0.679. The molecule has 2 aromatic rings. The van der Waals surface area contributed by atoms with Gasteiger partial charge in [-0.3, -0.25) is 9.31 Å². The van der Waals surface area contributed by atoms with Crippen LogP contribution in [0.15, 0.2) is 6.20 Å². The van der Waals surface area contributed by atoms with Crippen LogP contribution < -0.4 is 10.6 Å². The molecule has 0 fully saturated rings. The Labute approximate surface area is 114 Å².